The molecule has 0 radical (unpaired) electrons. The second kappa shape index (κ2) is 5.39. The number of aryl methyl sites for hydroxylation is 1. The van der Waals surface area contributed by atoms with E-state index in [2.05, 4.69) is 40.2 Å². The van der Waals surface area contributed by atoms with Gasteiger partial charge < -0.3 is 5.11 Å². The fraction of sp³-hybridized carbons (Fsp3) is 0.111. The minimum atomic E-state index is -0.617. The number of hydrogen-bond donors (Lipinski definition) is 1. The summed E-state index contributed by atoms with van der Waals surface area (Å²) in [6.45, 7) is 2.03. The normalized spacial score (nSPS) is 12.6. The highest BCUT2D eigenvalue weighted by Gasteiger charge is 2.14. The van der Waals surface area contributed by atoms with Gasteiger partial charge in [0.1, 0.15) is 6.10 Å². The highest BCUT2D eigenvalue weighted by Crippen LogP contribution is 2.30. The van der Waals surface area contributed by atoms with Crippen LogP contribution in [0.5, 0.6) is 0 Å². The molecule has 0 bridgehead atoms. The van der Waals surface area contributed by atoms with Gasteiger partial charge in [-0.15, -0.1) is 0 Å². The molecule has 3 rings (SSSR count). The van der Waals surface area contributed by atoms with Crippen LogP contribution in [0.3, 0.4) is 0 Å². The van der Waals surface area contributed by atoms with E-state index in [4.69, 9.17) is 0 Å². The number of halogens is 1. The Balaban J connectivity index is 2.07. The second-order valence-electron chi connectivity index (χ2n) is 5.03. The summed E-state index contributed by atoms with van der Waals surface area (Å²) in [5.41, 5.74) is 2.96. The third kappa shape index (κ3) is 2.49. The molecule has 1 nitrogen and oxygen atoms in total. The summed E-state index contributed by atoms with van der Waals surface area (Å²) in [5.74, 6) is 0. The predicted molar refractivity (Wildman–Crippen MR) is 86.9 cm³/mol. The fourth-order valence-electron chi connectivity index (χ4n) is 2.43. The topological polar surface area (TPSA) is 20.2 Å². The third-order valence-corrected chi connectivity index (χ3v) is 4.26. The Hall–Kier alpha value is -1.64. The van der Waals surface area contributed by atoms with E-state index in [9.17, 15) is 5.11 Å². The molecule has 1 atom stereocenters. The Kier molecular flexibility index (Phi) is 3.60. The molecule has 0 spiro atoms. The highest BCUT2D eigenvalue weighted by atomic mass is 79.9. The maximum absolute atomic E-state index is 10.6. The van der Waals surface area contributed by atoms with Crippen LogP contribution < -0.4 is 0 Å². The van der Waals surface area contributed by atoms with E-state index in [-0.39, 0.29) is 0 Å². The molecule has 2 heteroatoms. The fourth-order valence-corrected chi connectivity index (χ4v) is 2.89. The molecular weight excluding hydrogens is 312 g/mol. The molecule has 0 aliphatic rings. The summed E-state index contributed by atoms with van der Waals surface area (Å²) in [4.78, 5) is 0. The molecule has 1 N–H and O–H groups in total. The van der Waals surface area contributed by atoms with E-state index >= 15 is 0 Å². The van der Waals surface area contributed by atoms with Crippen LogP contribution in [0, 0.1) is 6.92 Å². The third-order valence-electron chi connectivity index (χ3n) is 3.54. The van der Waals surface area contributed by atoms with Crippen LogP contribution in [-0.4, -0.2) is 5.11 Å². The molecule has 0 aromatic heterocycles. The first-order valence-electron chi connectivity index (χ1n) is 6.58. The van der Waals surface area contributed by atoms with E-state index in [1.807, 2.05) is 43.3 Å². The lowest BCUT2D eigenvalue weighted by molar-refractivity contribution is 0.219. The molecule has 0 amide bonds. The molecule has 3 aromatic carbocycles. The summed E-state index contributed by atoms with van der Waals surface area (Å²) >= 11 is 3.52. The molecule has 0 aliphatic heterocycles. The summed E-state index contributed by atoms with van der Waals surface area (Å²) in [5, 5.41) is 13.0. The van der Waals surface area contributed by atoms with E-state index in [0.717, 1.165) is 26.5 Å². The molecule has 0 fully saturated rings. The van der Waals surface area contributed by atoms with Crippen molar-refractivity contribution in [3.8, 4) is 0 Å². The second-order valence-corrected chi connectivity index (χ2v) is 5.89. The van der Waals surface area contributed by atoms with E-state index in [1.54, 1.807) is 0 Å². The van der Waals surface area contributed by atoms with Crippen molar-refractivity contribution in [2.24, 2.45) is 0 Å². The van der Waals surface area contributed by atoms with Crippen LogP contribution in [0.2, 0.25) is 0 Å². The number of benzene rings is 3. The van der Waals surface area contributed by atoms with Crippen LogP contribution in [0.15, 0.2) is 65.1 Å². The molecule has 0 heterocycles. The Morgan fingerprint density at radius 1 is 0.900 bits per heavy atom. The Morgan fingerprint density at radius 3 is 2.45 bits per heavy atom. The molecule has 1 unspecified atom stereocenters. The summed E-state index contributed by atoms with van der Waals surface area (Å²) < 4.78 is 0.934. The van der Waals surface area contributed by atoms with Crippen molar-refractivity contribution >= 4 is 26.7 Å². The van der Waals surface area contributed by atoms with Gasteiger partial charge in [-0.2, -0.15) is 0 Å². The summed E-state index contributed by atoms with van der Waals surface area (Å²) in [6, 6.07) is 20.3. The SMILES string of the molecule is Cc1ccc(Br)c(C(O)c2ccc3ccccc3c2)c1. The Bertz CT molecular complexity index is 764. The van der Waals surface area contributed by atoms with Gasteiger partial charge in [-0.1, -0.05) is 70.0 Å². The van der Waals surface area contributed by atoms with Gasteiger partial charge in [-0.3, -0.25) is 0 Å². The standard InChI is InChI=1S/C18H15BrO/c1-12-6-9-17(19)16(10-12)18(20)15-8-7-13-4-2-3-5-14(13)11-15/h2-11,18,20H,1H3. The highest BCUT2D eigenvalue weighted by molar-refractivity contribution is 9.10. The minimum absolute atomic E-state index is 0.617. The van der Waals surface area contributed by atoms with Crippen molar-refractivity contribution in [3.05, 3.63) is 81.8 Å². The zero-order valence-electron chi connectivity index (χ0n) is 11.2. The molecule has 100 valence electrons. The first-order chi connectivity index (χ1) is 9.65. The predicted octanol–water partition coefficient (Wildman–Crippen LogP) is 4.99. The quantitative estimate of drug-likeness (QED) is 0.703. The summed E-state index contributed by atoms with van der Waals surface area (Å²) in [6.07, 6.45) is -0.617. The lowest BCUT2D eigenvalue weighted by Gasteiger charge is -2.15. The number of aliphatic hydroxyl groups excluding tert-OH is 1. The van der Waals surface area contributed by atoms with Crippen molar-refractivity contribution in [2.75, 3.05) is 0 Å². The minimum Gasteiger partial charge on any atom is -0.384 e. The molecule has 3 aromatic rings. The van der Waals surface area contributed by atoms with Gasteiger partial charge in [0.25, 0.3) is 0 Å². The lowest BCUT2D eigenvalue weighted by atomic mass is 9.97. The molecular formula is C18H15BrO. The van der Waals surface area contributed by atoms with Crippen molar-refractivity contribution in [3.63, 3.8) is 0 Å². The zero-order chi connectivity index (χ0) is 14.1. The molecule has 20 heavy (non-hydrogen) atoms. The largest absolute Gasteiger partial charge is 0.384 e. The monoisotopic (exact) mass is 326 g/mol. The van der Waals surface area contributed by atoms with Gasteiger partial charge in [-0.25, -0.2) is 0 Å². The number of rotatable bonds is 2. The summed E-state index contributed by atoms with van der Waals surface area (Å²) in [7, 11) is 0. The van der Waals surface area contributed by atoms with Gasteiger partial charge in [0.05, 0.1) is 0 Å². The van der Waals surface area contributed by atoms with Crippen LogP contribution >= 0.6 is 15.9 Å². The van der Waals surface area contributed by atoms with Crippen molar-refractivity contribution < 1.29 is 5.11 Å². The smallest absolute Gasteiger partial charge is 0.105 e. The first-order valence-corrected chi connectivity index (χ1v) is 7.37. The van der Waals surface area contributed by atoms with E-state index < -0.39 is 6.10 Å². The number of hydrogen-bond acceptors (Lipinski definition) is 1. The maximum atomic E-state index is 10.6. The van der Waals surface area contributed by atoms with Gasteiger partial charge in [-0.05, 0) is 41.0 Å². The van der Waals surface area contributed by atoms with Crippen LogP contribution in [0.25, 0.3) is 10.8 Å². The number of aliphatic hydroxyl groups is 1. The zero-order valence-corrected chi connectivity index (χ0v) is 12.8. The Labute approximate surface area is 127 Å². The molecule has 0 aliphatic carbocycles. The number of fused-ring (bicyclic) bond motifs is 1. The average molecular weight is 327 g/mol. The Morgan fingerprint density at radius 2 is 1.65 bits per heavy atom. The van der Waals surface area contributed by atoms with Gasteiger partial charge >= 0.3 is 0 Å². The van der Waals surface area contributed by atoms with Gasteiger partial charge in [0, 0.05) is 4.47 Å². The molecule has 0 saturated heterocycles. The molecule has 0 saturated carbocycles. The van der Waals surface area contributed by atoms with Crippen LogP contribution in [-0.2, 0) is 0 Å². The van der Waals surface area contributed by atoms with Gasteiger partial charge in [0.15, 0.2) is 0 Å². The van der Waals surface area contributed by atoms with E-state index in [0.29, 0.717) is 0 Å². The van der Waals surface area contributed by atoms with Crippen LogP contribution in [0.1, 0.15) is 22.8 Å². The maximum Gasteiger partial charge on any atom is 0.105 e. The van der Waals surface area contributed by atoms with Crippen molar-refractivity contribution in [1.82, 2.24) is 0 Å². The van der Waals surface area contributed by atoms with Crippen molar-refractivity contribution in [1.29, 1.82) is 0 Å². The van der Waals surface area contributed by atoms with Gasteiger partial charge in [0.2, 0.25) is 0 Å². The van der Waals surface area contributed by atoms with E-state index in [1.165, 1.54) is 5.39 Å². The average Bonchev–Trinajstić information content (AvgIpc) is 2.48. The first kappa shape index (κ1) is 13.3. The van der Waals surface area contributed by atoms with Crippen molar-refractivity contribution in [2.45, 2.75) is 13.0 Å². The van der Waals surface area contributed by atoms with Crippen LogP contribution in [0.4, 0.5) is 0 Å². The lowest BCUT2D eigenvalue weighted by Crippen LogP contribution is -2.01.